The lowest BCUT2D eigenvalue weighted by Gasteiger charge is -2.23. The highest BCUT2D eigenvalue weighted by Crippen LogP contribution is 2.51. The number of benzene rings is 6. The van der Waals surface area contributed by atoms with E-state index in [2.05, 4.69) is 123 Å². The molecule has 0 saturated heterocycles. The molecule has 6 aromatic rings. The van der Waals surface area contributed by atoms with E-state index in [1.807, 2.05) is 12.1 Å². The third-order valence-electron chi connectivity index (χ3n) is 8.51. The Hall–Kier alpha value is -4.62. The Labute approximate surface area is 223 Å². The van der Waals surface area contributed by atoms with Crippen LogP contribution in [0.15, 0.2) is 121 Å². The van der Waals surface area contributed by atoms with Crippen LogP contribution in [0.2, 0.25) is 0 Å². The predicted octanol–water partition coefficient (Wildman–Crippen LogP) is 10.3. The zero-order valence-corrected chi connectivity index (χ0v) is 21.5. The zero-order valence-electron chi connectivity index (χ0n) is 21.5. The fraction of sp³-hybridized carbons (Fsp3) is 0.0811. The maximum Gasteiger partial charge on any atom is 0.135 e. The fourth-order valence-electron chi connectivity index (χ4n) is 6.66. The number of fused-ring (bicyclic) bond motifs is 5. The molecule has 0 atom stereocenters. The summed E-state index contributed by atoms with van der Waals surface area (Å²) in [5, 5.41) is 2.40. The summed E-state index contributed by atoms with van der Waals surface area (Å²) in [5.74, 6) is 1.84. The van der Waals surface area contributed by atoms with Gasteiger partial charge in [-0.3, -0.25) is 0 Å². The second-order valence-electron chi connectivity index (χ2n) is 10.9. The van der Waals surface area contributed by atoms with Crippen molar-refractivity contribution in [1.29, 1.82) is 0 Å². The van der Waals surface area contributed by atoms with Gasteiger partial charge in [0.25, 0.3) is 0 Å². The number of hydrogen-bond acceptors (Lipinski definition) is 1. The highest BCUT2D eigenvalue weighted by molar-refractivity contribution is 6.11. The van der Waals surface area contributed by atoms with Gasteiger partial charge in [0.1, 0.15) is 11.5 Å². The molecule has 1 nitrogen and oxygen atoms in total. The molecule has 1 heterocycles. The van der Waals surface area contributed by atoms with Gasteiger partial charge in [0.2, 0.25) is 0 Å². The van der Waals surface area contributed by atoms with Crippen LogP contribution in [-0.4, -0.2) is 0 Å². The molecule has 0 amide bonds. The van der Waals surface area contributed by atoms with E-state index in [4.69, 9.17) is 4.74 Å². The molecule has 0 unspecified atom stereocenters. The van der Waals surface area contributed by atoms with Crippen LogP contribution in [0, 0.1) is 0 Å². The first-order chi connectivity index (χ1) is 18.6. The molecule has 1 aliphatic carbocycles. The minimum Gasteiger partial charge on any atom is -0.456 e. The summed E-state index contributed by atoms with van der Waals surface area (Å²) in [7, 11) is 0. The van der Waals surface area contributed by atoms with Crippen molar-refractivity contribution in [2.24, 2.45) is 0 Å². The summed E-state index contributed by atoms with van der Waals surface area (Å²) in [5.41, 5.74) is 12.8. The van der Waals surface area contributed by atoms with Crippen molar-refractivity contribution in [1.82, 2.24) is 0 Å². The van der Waals surface area contributed by atoms with Crippen LogP contribution in [0.3, 0.4) is 0 Å². The van der Waals surface area contributed by atoms with E-state index < -0.39 is 0 Å². The summed E-state index contributed by atoms with van der Waals surface area (Å²) < 4.78 is 6.36. The van der Waals surface area contributed by atoms with Crippen LogP contribution < -0.4 is 4.74 Å². The Bertz CT molecular complexity index is 1920. The van der Waals surface area contributed by atoms with E-state index in [1.54, 1.807) is 0 Å². The molecule has 180 valence electrons. The van der Waals surface area contributed by atoms with Crippen molar-refractivity contribution in [3.05, 3.63) is 132 Å². The molecule has 0 N–H and O–H groups in total. The standard InChI is InChI=1S/C37H26O/c1-37(2)32-16-7-5-12-27(32)28-19-18-23(22-33(28)37)24-10-3-4-11-25(24)26-20-21-35-36-30(26)14-9-15-31(36)29-13-6-8-17-34(29)38-35/h3-22H,1-2H3. The third kappa shape index (κ3) is 2.87. The van der Waals surface area contributed by atoms with Crippen molar-refractivity contribution in [3.63, 3.8) is 0 Å². The topological polar surface area (TPSA) is 9.23 Å². The Kier molecular flexibility index (Phi) is 4.35. The van der Waals surface area contributed by atoms with Gasteiger partial charge >= 0.3 is 0 Å². The molecule has 0 radical (unpaired) electrons. The first-order valence-corrected chi connectivity index (χ1v) is 13.3. The van der Waals surface area contributed by atoms with Crippen molar-refractivity contribution >= 4 is 10.8 Å². The average Bonchev–Trinajstić information content (AvgIpc) is 3.20. The summed E-state index contributed by atoms with van der Waals surface area (Å²) in [4.78, 5) is 0. The summed E-state index contributed by atoms with van der Waals surface area (Å²) >= 11 is 0. The lowest BCUT2D eigenvalue weighted by molar-refractivity contribution is 0.487. The molecule has 8 rings (SSSR count). The van der Waals surface area contributed by atoms with E-state index >= 15 is 0 Å². The fourth-order valence-corrected chi connectivity index (χ4v) is 6.66. The predicted molar refractivity (Wildman–Crippen MR) is 158 cm³/mol. The Morgan fingerprint density at radius 2 is 1.11 bits per heavy atom. The molecule has 2 aliphatic rings. The summed E-state index contributed by atoms with van der Waals surface area (Å²) in [6.45, 7) is 4.69. The van der Waals surface area contributed by atoms with Crippen LogP contribution in [0.5, 0.6) is 11.5 Å². The normalized spacial score (nSPS) is 13.9. The highest BCUT2D eigenvalue weighted by Gasteiger charge is 2.35. The number of para-hydroxylation sites is 1. The van der Waals surface area contributed by atoms with E-state index in [1.165, 1.54) is 60.8 Å². The van der Waals surface area contributed by atoms with Crippen LogP contribution in [0.1, 0.15) is 25.0 Å². The summed E-state index contributed by atoms with van der Waals surface area (Å²) in [6.07, 6.45) is 0. The molecular weight excluding hydrogens is 460 g/mol. The zero-order chi connectivity index (χ0) is 25.4. The first kappa shape index (κ1) is 21.5. The van der Waals surface area contributed by atoms with Crippen LogP contribution >= 0.6 is 0 Å². The second kappa shape index (κ2) is 7.69. The van der Waals surface area contributed by atoms with Crippen LogP contribution in [0.25, 0.3) is 55.3 Å². The number of hydrogen-bond donors (Lipinski definition) is 0. The molecular formula is C37H26O. The van der Waals surface area contributed by atoms with Gasteiger partial charge in [0.15, 0.2) is 0 Å². The van der Waals surface area contributed by atoms with Gasteiger partial charge in [0.05, 0.1) is 0 Å². The largest absolute Gasteiger partial charge is 0.456 e. The molecule has 1 aliphatic heterocycles. The molecule has 6 aromatic carbocycles. The first-order valence-electron chi connectivity index (χ1n) is 13.3. The van der Waals surface area contributed by atoms with Crippen LogP contribution in [0.4, 0.5) is 0 Å². The van der Waals surface area contributed by atoms with Crippen molar-refractivity contribution in [2.75, 3.05) is 0 Å². The van der Waals surface area contributed by atoms with E-state index in [-0.39, 0.29) is 5.41 Å². The third-order valence-corrected chi connectivity index (χ3v) is 8.51. The minimum atomic E-state index is -0.0259. The molecule has 0 saturated carbocycles. The molecule has 1 heteroatoms. The van der Waals surface area contributed by atoms with Gasteiger partial charge in [-0.2, -0.15) is 0 Å². The van der Waals surface area contributed by atoms with Gasteiger partial charge in [0, 0.05) is 16.4 Å². The smallest absolute Gasteiger partial charge is 0.135 e. The van der Waals surface area contributed by atoms with E-state index in [0.29, 0.717) is 0 Å². The average molecular weight is 487 g/mol. The van der Waals surface area contributed by atoms with Crippen molar-refractivity contribution in [3.8, 4) is 56.0 Å². The van der Waals surface area contributed by atoms with Gasteiger partial charge in [-0.05, 0) is 73.7 Å². The Morgan fingerprint density at radius 3 is 1.97 bits per heavy atom. The van der Waals surface area contributed by atoms with E-state index in [9.17, 15) is 0 Å². The molecule has 0 fully saturated rings. The number of ether oxygens (including phenoxy) is 1. The molecule has 0 bridgehead atoms. The van der Waals surface area contributed by atoms with Gasteiger partial charge in [-0.1, -0.05) is 117 Å². The Morgan fingerprint density at radius 1 is 0.447 bits per heavy atom. The van der Waals surface area contributed by atoms with Gasteiger partial charge in [-0.25, -0.2) is 0 Å². The SMILES string of the molecule is CC1(C)c2ccccc2-c2ccc(-c3ccccc3-c3ccc4c5c(cccc35)-c3ccccc3O4)cc21. The highest BCUT2D eigenvalue weighted by atomic mass is 16.5. The Balaban J connectivity index is 1.33. The molecule has 0 aromatic heterocycles. The quantitative estimate of drug-likeness (QED) is 0.236. The maximum atomic E-state index is 6.36. The van der Waals surface area contributed by atoms with Crippen molar-refractivity contribution < 1.29 is 4.74 Å². The lowest BCUT2D eigenvalue weighted by Crippen LogP contribution is -2.14. The minimum absolute atomic E-state index is 0.0259. The summed E-state index contributed by atoms with van der Waals surface area (Å²) in [6, 6.07) is 44.0. The van der Waals surface area contributed by atoms with Gasteiger partial charge in [-0.15, -0.1) is 0 Å². The van der Waals surface area contributed by atoms with Crippen LogP contribution in [-0.2, 0) is 5.41 Å². The maximum absolute atomic E-state index is 6.36. The molecule has 38 heavy (non-hydrogen) atoms. The molecule has 0 spiro atoms. The van der Waals surface area contributed by atoms with Crippen molar-refractivity contribution in [2.45, 2.75) is 19.3 Å². The lowest BCUT2D eigenvalue weighted by atomic mass is 9.81. The monoisotopic (exact) mass is 486 g/mol. The number of rotatable bonds is 2. The van der Waals surface area contributed by atoms with Gasteiger partial charge < -0.3 is 4.74 Å². The second-order valence-corrected chi connectivity index (χ2v) is 10.9. The van der Waals surface area contributed by atoms with E-state index in [0.717, 1.165) is 17.1 Å².